The highest BCUT2D eigenvalue weighted by atomic mass is 16.6. The van der Waals surface area contributed by atoms with Crippen LogP contribution in [-0.2, 0) is 9.53 Å². The van der Waals surface area contributed by atoms with E-state index in [1.807, 2.05) is 57.4 Å². The van der Waals surface area contributed by atoms with Crippen LogP contribution in [0.3, 0.4) is 0 Å². The number of carbonyl (C=O) groups excluding carboxylic acids is 2. The molecule has 0 fully saturated rings. The van der Waals surface area contributed by atoms with Crippen molar-refractivity contribution in [1.82, 2.24) is 4.90 Å². The van der Waals surface area contributed by atoms with E-state index in [2.05, 4.69) is 0 Å². The van der Waals surface area contributed by atoms with Gasteiger partial charge in [0, 0.05) is 12.1 Å². The molecule has 1 aliphatic heterocycles. The van der Waals surface area contributed by atoms with Crippen molar-refractivity contribution in [3.63, 3.8) is 0 Å². The van der Waals surface area contributed by atoms with Crippen LogP contribution in [0.1, 0.15) is 32.8 Å². The Kier molecular flexibility index (Phi) is 4.46. The summed E-state index contributed by atoms with van der Waals surface area (Å²) >= 11 is 0. The second-order valence-electron chi connectivity index (χ2n) is 6.08. The van der Waals surface area contributed by atoms with E-state index in [-0.39, 0.29) is 12.6 Å². The number of amides is 1. The number of nitrogens with zero attached hydrogens (tertiary/aromatic N) is 1. The van der Waals surface area contributed by atoms with Gasteiger partial charge < -0.3 is 9.64 Å². The third-order valence-electron chi connectivity index (χ3n) is 3.24. The molecular formula is C17H20NO3. The average molecular weight is 286 g/mol. The van der Waals surface area contributed by atoms with Crippen LogP contribution in [0, 0.1) is 0 Å². The molecule has 2 rings (SSSR count). The van der Waals surface area contributed by atoms with Gasteiger partial charge in [0.1, 0.15) is 5.60 Å². The Morgan fingerprint density at radius 2 is 1.90 bits per heavy atom. The van der Waals surface area contributed by atoms with Crippen molar-refractivity contribution in [2.45, 2.75) is 32.8 Å². The Balaban J connectivity index is 2.17. The first kappa shape index (κ1) is 15.3. The molecule has 0 unspecified atom stereocenters. The Labute approximate surface area is 125 Å². The van der Waals surface area contributed by atoms with E-state index in [0.717, 1.165) is 11.1 Å². The van der Waals surface area contributed by atoms with Gasteiger partial charge in [-0.1, -0.05) is 30.3 Å². The maximum atomic E-state index is 12.1. The van der Waals surface area contributed by atoms with Crippen molar-refractivity contribution in [2.75, 3.05) is 13.1 Å². The van der Waals surface area contributed by atoms with Crippen LogP contribution in [0.25, 0.3) is 5.57 Å². The Morgan fingerprint density at radius 1 is 1.24 bits per heavy atom. The van der Waals surface area contributed by atoms with Gasteiger partial charge in [0.05, 0.1) is 6.54 Å². The summed E-state index contributed by atoms with van der Waals surface area (Å²) in [5, 5.41) is 0. The summed E-state index contributed by atoms with van der Waals surface area (Å²) < 4.78 is 5.35. The Bertz CT molecular complexity index is 555. The fraction of sp³-hybridized carbons (Fsp3) is 0.412. The second kappa shape index (κ2) is 6.12. The van der Waals surface area contributed by atoms with Crippen molar-refractivity contribution in [3.05, 3.63) is 41.5 Å². The standard InChI is InChI=1S/C17H20NO3/c1-17(2,3)21-16(20)18-10-9-15(14(11-18)12-19)13-7-5-4-6-8-13/h4-8H,9-11H2,1-3H3. The molecule has 0 saturated heterocycles. The monoisotopic (exact) mass is 286 g/mol. The molecule has 1 heterocycles. The fourth-order valence-electron chi connectivity index (χ4n) is 2.30. The van der Waals surface area contributed by atoms with E-state index in [9.17, 15) is 9.59 Å². The zero-order chi connectivity index (χ0) is 15.5. The highest BCUT2D eigenvalue weighted by Gasteiger charge is 2.27. The molecule has 1 radical (unpaired) electrons. The minimum atomic E-state index is -0.536. The van der Waals surface area contributed by atoms with Gasteiger partial charge in [-0.2, -0.15) is 0 Å². The third kappa shape index (κ3) is 3.94. The third-order valence-corrected chi connectivity index (χ3v) is 3.24. The van der Waals surface area contributed by atoms with Gasteiger partial charge in [-0.3, -0.25) is 4.79 Å². The summed E-state index contributed by atoms with van der Waals surface area (Å²) in [4.78, 5) is 24.9. The summed E-state index contributed by atoms with van der Waals surface area (Å²) in [5.74, 6) is 0. The molecule has 0 bridgehead atoms. The molecule has 1 aromatic rings. The molecule has 0 spiro atoms. The lowest BCUT2D eigenvalue weighted by molar-refractivity contribution is 0.0267. The van der Waals surface area contributed by atoms with E-state index >= 15 is 0 Å². The molecule has 4 nitrogen and oxygen atoms in total. The number of benzene rings is 1. The quantitative estimate of drug-likeness (QED) is 0.838. The molecule has 0 atom stereocenters. The van der Waals surface area contributed by atoms with Crippen LogP contribution in [0.2, 0.25) is 0 Å². The zero-order valence-electron chi connectivity index (χ0n) is 12.7. The Hall–Kier alpha value is -2.10. The molecular weight excluding hydrogens is 266 g/mol. The van der Waals surface area contributed by atoms with Gasteiger partial charge in [0.15, 0.2) is 0 Å². The maximum Gasteiger partial charge on any atom is 0.410 e. The smallest absolute Gasteiger partial charge is 0.410 e. The molecule has 21 heavy (non-hydrogen) atoms. The molecule has 1 aromatic carbocycles. The van der Waals surface area contributed by atoms with Gasteiger partial charge >= 0.3 is 6.09 Å². The molecule has 0 aromatic heterocycles. The van der Waals surface area contributed by atoms with Crippen LogP contribution in [0.4, 0.5) is 4.79 Å². The Morgan fingerprint density at radius 3 is 2.48 bits per heavy atom. The van der Waals surface area contributed by atoms with Crippen LogP contribution in [0.5, 0.6) is 0 Å². The maximum absolute atomic E-state index is 12.1. The highest BCUT2D eigenvalue weighted by molar-refractivity contribution is 5.91. The average Bonchev–Trinajstić information content (AvgIpc) is 2.45. The van der Waals surface area contributed by atoms with Crippen LogP contribution in [0.15, 0.2) is 35.9 Å². The fourth-order valence-corrected chi connectivity index (χ4v) is 2.30. The van der Waals surface area contributed by atoms with Crippen molar-refractivity contribution in [3.8, 4) is 0 Å². The minimum absolute atomic E-state index is 0.253. The lowest BCUT2D eigenvalue weighted by Crippen LogP contribution is -2.40. The van der Waals surface area contributed by atoms with Crippen molar-refractivity contribution in [1.29, 1.82) is 0 Å². The van der Waals surface area contributed by atoms with Gasteiger partial charge in [-0.15, -0.1) is 0 Å². The van der Waals surface area contributed by atoms with Gasteiger partial charge in [-0.05, 0) is 38.3 Å². The van der Waals surface area contributed by atoms with Crippen molar-refractivity contribution in [2.24, 2.45) is 0 Å². The molecule has 4 heteroatoms. The van der Waals surface area contributed by atoms with E-state index in [0.29, 0.717) is 18.5 Å². The number of hydrogen-bond donors (Lipinski definition) is 0. The van der Waals surface area contributed by atoms with Crippen LogP contribution in [-0.4, -0.2) is 36.0 Å². The van der Waals surface area contributed by atoms with Gasteiger partial charge in [0.25, 0.3) is 0 Å². The number of ether oxygens (including phenoxy) is 1. The van der Waals surface area contributed by atoms with Crippen molar-refractivity contribution < 1.29 is 14.3 Å². The summed E-state index contributed by atoms with van der Waals surface area (Å²) in [5.41, 5.74) is 1.97. The molecule has 1 aliphatic rings. The molecule has 0 saturated carbocycles. The first-order valence-corrected chi connectivity index (χ1v) is 7.04. The zero-order valence-corrected chi connectivity index (χ0v) is 12.7. The number of rotatable bonds is 2. The van der Waals surface area contributed by atoms with Crippen LogP contribution >= 0.6 is 0 Å². The molecule has 0 aliphatic carbocycles. The lowest BCUT2D eigenvalue weighted by atomic mass is 9.94. The highest BCUT2D eigenvalue weighted by Crippen LogP contribution is 2.27. The first-order valence-electron chi connectivity index (χ1n) is 7.04. The van der Waals surface area contributed by atoms with E-state index in [1.165, 1.54) is 0 Å². The topological polar surface area (TPSA) is 46.6 Å². The molecule has 111 valence electrons. The summed E-state index contributed by atoms with van der Waals surface area (Å²) in [6.07, 6.45) is 2.23. The summed E-state index contributed by atoms with van der Waals surface area (Å²) in [6.45, 7) is 6.28. The number of carbonyl (C=O) groups is 1. The normalized spacial score (nSPS) is 15.9. The van der Waals surface area contributed by atoms with E-state index in [1.54, 1.807) is 4.90 Å². The lowest BCUT2D eigenvalue weighted by Gasteiger charge is -2.31. The number of hydrogen-bond acceptors (Lipinski definition) is 3. The summed E-state index contributed by atoms with van der Waals surface area (Å²) in [6, 6.07) is 9.74. The summed E-state index contributed by atoms with van der Waals surface area (Å²) in [7, 11) is 0. The van der Waals surface area contributed by atoms with Crippen molar-refractivity contribution >= 4 is 18.0 Å². The van der Waals surface area contributed by atoms with E-state index < -0.39 is 5.60 Å². The SMILES string of the molecule is CC(C)(C)OC(=O)N1CCC(c2ccccc2)=C([C]=O)C1. The van der Waals surface area contributed by atoms with Gasteiger partial charge in [0.2, 0.25) is 6.29 Å². The van der Waals surface area contributed by atoms with Crippen LogP contribution < -0.4 is 0 Å². The second-order valence-corrected chi connectivity index (χ2v) is 6.08. The largest absolute Gasteiger partial charge is 0.444 e. The minimum Gasteiger partial charge on any atom is -0.444 e. The predicted molar refractivity (Wildman–Crippen MR) is 81.5 cm³/mol. The molecule has 1 amide bonds. The van der Waals surface area contributed by atoms with Gasteiger partial charge in [-0.25, -0.2) is 4.79 Å². The molecule has 0 N–H and O–H groups in total. The van der Waals surface area contributed by atoms with E-state index in [4.69, 9.17) is 4.74 Å². The first-order chi connectivity index (χ1) is 9.90. The predicted octanol–water partition coefficient (Wildman–Crippen LogP) is 3.19.